The molecule has 2 unspecified atom stereocenters. The normalized spacial score (nSPS) is 23.4. The second-order valence-corrected chi connectivity index (χ2v) is 8.05. The summed E-state index contributed by atoms with van der Waals surface area (Å²) in [5.74, 6) is 2.24. The van der Waals surface area contributed by atoms with Crippen molar-refractivity contribution in [1.82, 2.24) is 15.5 Å². The molecule has 24 heavy (non-hydrogen) atoms. The molecule has 5 heteroatoms. The molecule has 2 aliphatic heterocycles. The SMILES string of the molecule is CN=C(NCC1CCCS1)NCC(c1ccccc1)N1CCCC1. The van der Waals surface area contributed by atoms with Crippen LogP contribution in [0.5, 0.6) is 0 Å². The monoisotopic (exact) mass is 346 g/mol. The number of nitrogens with one attached hydrogen (secondary N) is 2. The molecule has 0 saturated carbocycles. The summed E-state index contributed by atoms with van der Waals surface area (Å²) in [5.41, 5.74) is 1.40. The minimum absolute atomic E-state index is 0.424. The fourth-order valence-corrected chi connectivity index (χ4v) is 4.82. The highest BCUT2D eigenvalue weighted by Gasteiger charge is 2.23. The number of rotatable bonds is 6. The molecule has 0 amide bonds. The molecule has 0 radical (unpaired) electrons. The van der Waals surface area contributed by atoms with E-state index in [1.807, 2.05) is 7.05 Å². The van der Waals surface area contributed by atoms with Crippen molar-refractivity contribution in [3.05, 3.63) is 35.9 Å². The molecule has 0 spiro atoms. The maximum absolute atomic E-state index is 4.41. The summed E-state index contributed by atoms with van der Waals surface area (Å²) < 4.78 is 0. The molecule has 0 bridgehead atoms. The van der Waals surface area contributed by atoms with Gasteiger partial charge in [0.05, 0.1) is 6.04 Å². The van der Waals surface area contributed by atoms with Crippen LogP contribution in [0.1, 0.15) is 37.3 Å². The van der Waals surface area contributed by atoms with Gasteiger partial charge >= 0.3 is 0 Å². The first-order valence-corrected chi connectivity index (χ1v) is 10.3. The topological polar surface area (TPSA) is 39.7 Å². The number of hydrogen-bond donors (Lipinski definition) is 2. The molecule has 0 aromatic heterocycles. The van der Waals surface area contributed by atoms with Gasteiger partial charge in [0.2, 0.25) is 0 Å². The summed E-state index contributed by atoms with van der Waals surface area (Å²) in [6.07, 6.45) is 5.31. The van der Waals surface area contributed by atoms with Crippen LogP contribution >= 0.6 is 11.8 Å². The molecule has 1 aromatic rings. The number of nitrogens with zero attached hydrogens (tertiary/aromatic N) is 2. The Kier molecular flexibility index (Phi) is 6.85. The first kappa shape index (κ1) is 17.6. The van der Waals surface area contributed by atoms with Crippen molar-refractivity contribution < 1.29 is 0 Å². The Morgan fingerprint density at radius 1 is 1.21 bits per heavy atom. The highest BCUT2D eigenvalue weighted by Crippen LogP contribution is 2.25. The lowest BCUT2D eigenvalue weighted by atomic mass is 10.1. The maximum atomic E-state index is 4.41. The van der Waals surface area contributed by atoms with Crippen LogP contribution in [0.15, 0.2) is 35.3 Å². The number of likely N-dealkylation sites (tertiary alicyclic amines) is 1. The molecule has 2 heterocycles. The largest absolute Gasteiger partial charge is 0.355 e. The summed E-state index contributed by atoms with van der Waals surface area (Å²) in [6, 6.07) is 11.3. The Hall–Kier alpha value is -1.20. The Labute approximate surface area is 150 Å². The van der Waals surface area contributed by atoms with E-state index in [9.17, 15) is 0 Å². The number of benzene rings is 1. The van der Waals surface area contributed by atoms with Gasteiger partial charge in [-0.15, -0.1) is 0 Å². The Morgan fingerprint density at radius 2 is 2.00 bits per heavy atom. The lowest BCUT2D eigenvalue weighted by Crippen LogP contribution is -2.44. The van der Waals surface area contributed by atoms with Crippen LogP contribution in [0, 0.1) is 0 Å². The third-order valence-corrected chi connectivity index (χ3v) is 6.37. The van der Waals surface area contributed by atoms with Gasteiger partial charge in [0.25, 0.3) is 0 Å². The van der Waals surface area contributed by atoms with E-state index in [1.165, 1.54) is 50.1 Å². The van der Waals surface area contributed by atoms with Crippen molar-refractivity contribution in [1.29, 1.82) is 0 Å². The second kappa shape index (κ2) is 9.33. The minimum Gasteiger partial charge on any atom is -0.355 e. The van der Waals surface area contributed by atoms with E-state index in [4.69, 9.17) is 0 Å². The van der Waals surface area contributed by atoms with Crippen molar-refractivity contribution in [2.45, 2.75) is 37.0 Å². The smallest absolute Gasteiger partial charge is 0.191 e. The standard InChI is InChI=1S/C19H30N4S/c1-20-19(21-14-17-10-7-13-24-17)22-15-18(23-11-5-6-12-23)16-8-3-2-4-9-16/h2-4,8-9,17-18H,5-7,10-15H2,1H3,(H2,20,21,22). The highest BCUT2D eigenvalue weighted by molar-refractivity contribution is 8.00. The van der Waals surface area contributed by atoms with Gasteiger partial charge in [-0.25, -0.2) is 0 Å². The quantitative estimate of drug-likeness (QED) is 0.614. The second-order valence-electron chi connectivity index (χ2n) is 6.64. The molecular weight excluding hydrogens is 316 g/mol. The van der Waals surface area contributed by atoms with Gasteiger partial charge in [-0.2, -0.15) is 11.8 Å². The van der Waals surface area contributed by atoms with Crippen LogP contribution in [0.25, 0.3) is 0 Å². The number of aliphatic imine (C=N–C) groups is 1. The summed E-state index contributed by atoms with van der Waals surface area (Å²) in [6.45, 7) is 4.32. The van der Waals surface area contributed by atoms with Gasteiger partial charge in [-0.05, 0) is 50.1 Å². The van der Waals surface area contributed by atoms with Crippen molar-refractivity contribution in [3.8, 4) is 0 Å². The summed E-state index contributed by atoms with van der Waals surface area (Å²) in [7, 11) is 1.87. The van der Waals surface area contributed by atoms with Gasteiger partial charge in [0.1, 0.15) is 0 Å². The van der Waals surface area contributed by atoms with E-state index in [0.29, 0.717) is 6.04 Å². The van der Waals surface area contributed by atoms with Gasteiger partial charge in [-0.3, -0.25) is 9.89 Å². The molecular formula is C19H30N4S. The lowest BCUT2D eigenvalue weighted by Gasteiger charge is -2.29. The van der Waals surface area contributed by atoms with Crippen LogP contribution in [0.2, 0.25) is 0 Å². The van der Waals surface area contributed by atoms with Gasteiger partial charge < -0.3 is 10.6 Å². The molecule has 2 saturated heterocycles. The Morgan fingerprint density at radius 3 is 2.67 bits per heavy atom. The fraction of sp³-hybridized carbons (Fsp3) is 0.632. The number of thioether (sulfide) groups is 1. The van der Waals surface area contributed by atoms with Crippen molar-refractivity contribution in [3.63, 3.8) is 0 Å². The van der Waals surface area contributed by atoms with Crippen LogP contribution in [-0.2, 0) is 0 Å². The van der Waals surface area contributed by atoms with E-state index in [0.717, 1.165) is 24.3 Å². The van der Waals surface area contributed by atoms with Crippen molar-refractivity contribution >= 4 is 17.7 Å². The molecule has 2 aliphatic rings. The van der Waals surface area contributed by atoms with Crippen LogP contribution in [0.4, 0.5) is 0 Å². The van der Waals surface area contributed by atoms with E-state index >= 15 is 0 Å². The average Bonchev–Trinajstić information content (AvgIpc) is 3.32. The summed E-state index contributed by atoms with van der Waals surface area (Å²) in [5, 5.41) is 7.81. The Balaban J connectivity index is 1.55. The van der Waals surface area contributed by atoms with Crippen LogP contribution in [-0.4, -0.2) is 55.1 Å². The van der Waals surface area contributed by atoms with E-state index in [1.54, 1.807) is 0 Å². The summed E-state index contributed by atoms with van der Waals surface area (Å²) in [4.78, 5) is 7.01. The summed E-state index contributed by atoms with van der Waals surface area (Å²) >= 11 is 2.08. The predicted molar refractivity (Wildman–Crippen MR) is 105 cm³/mol. The molecule has 132 valence electrons. The molecule has 2 fully saturated rings. The third-order valence-electron chi connectivity index (χ3n) is 4.97. The highest BCUT2D eigenvalue weighted by atomic mass is 32.2. The zero-order valence-corrected chi connectivity index (χ0v) is 15.5. The van der Waals surface area contributed by atoms with Gasteiger partial charge in [0, 0.05) is 25.4 Å². The average molecular weight is 347 g/mol. The third kappa shape index (κ3) is 4.90. The Bertz CT molecular complexity index is 507. The molecule has 3 rings (SSSR count). The molecule has 4 nitrogen and oxygen atoms in total. The predicted octanol–water partition coefficient (Wildman–Crippen LogP) is 2.88. The fourth-order valence-electron chi connectivity index (χ4n) is 3.62. The zero-order chi connectivity index (χ0) is 16.6. The van der Waals surface area contributed by atoms with Crippen LogP contribution in [0.3, 0.4) is 0 Å². The minimum atomic E-state index is 0.424. The maximum Gasteiger partial charge on any atom is 0.191 e. The molecule has 0 aliphatic carbocycles. The zero-order valence-electron chi connectivity index (χ0n) is 14.7. The molecule has 1 aromatic carbocycles. The van der Waals surface area contributed by atoms with Gasteiger partial charge in [0.15, 0.2) is 5.96 Å². The first-order chi connectivity index (χ1) is 11.9. The van der Waals surface area contributed by atoms with Crippen LogP contribution < -0.4 is 10.6 Å². The number of hydrogen-bond acceptors (Lipinski definition) is 3. The van der Waals surface area contributed by atoms with E-state index in [-0.39, 0.29) is 0 Å². The van der Waals surface area contributed by atoms with E-state index < -0.39 is 0 Å². The lowest BCUT2D eigenvalue weighted by molar-refractivity contribution is 0.245. The van der Waals surface area contributed by atoms with Gasteiger partial charge in [-0.1, -0.05) is 30.3 Å². The molecule has 2 atom stereocenters. The van der Waals surface area contributed by atoms with Crippen molar-refractivity contribution in [2.24, 2.45) is 4.99 Å². The first-order valence-electron chi connectivity index (χ1n) is 9.22. The number of guanidine groups is 1. The van der Waals surface area contributed by atoms with E-state index in [2.05, 4.69) is 62.6 Å². The van der Waals surface area contributed by atoms with Crippen molar-refractivity contribution in [2.75, 3.05) is 39.0 Å². The molecule has 2 N–H and O–H groups in total.